The van der Waals surface area contributed by atoms with Gasteiger partial charge in [-0.15, -0.1) is 0 Å². The minimum absolute atomic E-state index is 0.104. The Morgan fingerprint density at radius 3 is 2.58 bits per heavy atom. The molecule has 0 bridgehead atoms. The number of benzene rings is 1. The fraction of sp³-hybridized carbons (Fsp3) is 0.692. The molecule has 1 aromatic carbocycles. The Morgan fingerprint density at radius 1 is 1.35 bits per heavy atom. The van der Waals surface area contributed by atoms with E-state index in [0.29, 0.717) is 0 Å². The Balaban J connectivity index is 0.00000166. The molecule has 0 amide bonds. The molecule has 2 fully saturated rings. The Labute approximate surface area is 190 Å². The van der Waals surface area contributed by atoms with Gasteiger partial charge in [0.15, 0.2) is 0 Å². The van der Waals surface area contributed by atoms with Crippen LogP contribution in [0.2, 0.25) is 0 Å². The van der Waals surface area contributed by atoms with Gasteiger partial charge in [0.05, 0.1) is 12.7 Å². The molecule has 3 atom stereocenters. The molecule has 2 aliphatic rings. The molecule has 0 spiro atoms. The molecule has 1 aliphatic heterocycles. The molecule has 5 nitrogen and oxygen atoms in total. The minimum atomic E-state index is -0.828. The number of nitrogens with zero attached hydrogens (tertiary/aromatic N) is 1. The van der Waals surface area contributed by atoms with Crippen molar-refractivity contribution in [3.8, 4) is 5.75 Å². The van der Waals surface area contributed by atoms with E-state index in [1.807, 2.05) is 13.1 Å². The van der Waals surface area contributed by atoms with Crippen molar-refractivity contribution in [1.29, 1.82) is 0 Å². The second kappa shape index (κ2) is 10.8. The molecule has 1 saturated heterocycles. The van der Waals surface area contributed by atoms with Crippen molar-refractivity contribution in [2.45, 2.75) is 76.4 Å². The Morgan fingerprint density at radius 2 is 2.03 bits per heavy atom. The highest BCUT2D eigenvalue weighted by Crippen LogP contribution is 2.53. The van der Waals surface area contributed by atoms with Gasteiger partial charge in [-0.3, -0.25) is 4.90 Å². The van der Waals surface area contributed by atoms with Gasteiger partial charge in [-0.2, -0.15) is 0 Å². The molecule has 1 heterocycles. The molecule has 0 aromatic heterocycles. The molecule has 1 aliphatic carbocycles. The summed E-state index contributed by atoms with van der Waals surface area (Å²) in [5.74, 6) is 1.67. The van der Waals surface area contributed by atoms with Crippen LogP contribution in [0.25, 0.3) is 0 Å². The van der Waals surface area contributed by atoms with Crippen LogP contribution in [0.1, 0.15) is 63.5 Å². The summed E-state index contributed by atoms with van der Waals surface area (Å²) in [6, 6.07) is 6.41. The van der Waals surface area contributed by atoms with Crippen molar-refractivity contribution >= 4 is 0 Å². The third kappa shape index (κ3) is 5.10. The molecule has 0 radical (unpaired) electrons. The van der Waals surface area contributed by atoms with E-state index in [1.54, 1.807) is 7.11 Å². The smallest absolute Gasteiger partial charge is 0.119 e. The van der Waals surface area contributed by atoms with Crippen LogP contribution in [0.5, 0.6) is 5.75 Å². The lowest BCUT2D eigenvalue weighted by atomic mass is 9.56. The van der Waals surface area contributed by atoms with Gasteiger partial charge in [-0.25, -0.2) is 0 Å². The number of piperidine rings is 1. The number of nitrogens with two attached hydrogens (primary N) is 1. The number of nitrogens with one attached hydrogen (secondary N) is 1. The highest BCUT2D eigenvalue weighted by atomic mass is 16.5. The summed E-state index contributed by atoms with van der Waals surface area (Å²) in [5, 5.41) is 15.7. The van der Waals surface area contributed by atoms with E-state index in [-0.39, 0.29) is 11.5 Å². The minimum Gasteiger partial charge on any atom is -0.497 e. The maximum Gasteiger partial charge on any atom is 0.119 e. The highest BCUT2D eigenvalue weighted by Gasteiger charge is 2.58. The van der Waals surface area contributed by atoms with Crippen LogP contribution in [0.4, 0.5) is 0 Å². The fourth-order valence-corrected chi connectivity index (χ4v) is 5.56. The van der Waals surface area contributed by atoms with E-state index in [9.17, 15) is 5.11 Å². The zero-order valence-electron chi connectivity index (χ0n) is 20.6. The number of ether oxygens (including phenoxy) is 1. The number of likely N-dealkylation sites (tertiary alicyclic amines) is 1. The van der Waals surface area contributed by atoms with E-state index >= 15 is 0 Å². The monoisotopic (exact) mass is 431 g/mol. The maximum atomic E-state index is 12.5. The summed E-state index contributed by atoms with van der Waals surface area (Å²) in [7, 11) is 5.14. The summed E-state index contributed by atoms with van der Waals surface area (Å²) < 4.78 is 5.58. The fourth-order valence-electron chi connectivity index (χ4n) is 5.56. The number of aliphatic hydroxyl groups is 1. The van der Waals surface area contributed by atoms with Gasteiger partial charge in [0.25, 0.3) is 0 Å². The van der Waals surface area contributed by atoms with Gasteiger partial charge >= 0.3 is 0 Å². The van der Waals surface area contributed by atoms with Gasteiger partial charge in [0, 0.05) is 30.7 Å². The molecule has 4 N–H and O–H groups in total. The number of methoxy groups -OCH3 is 1. The van der Waals surface area contributed by atoms with E-state index in [4.69, 9.17) is 4.74 Å². The lowest BCUT2D eigenvalue weighted by Gasteiger charge is -2.59. The molecule has 176 valence electrons. The summed E-state index contributed by atoms with van der Waals surface area (Å²) in [4.78, 5) is 2.54. The molecular formula is C26H45N3O2. The van der Waals surface area contributed by atoms with Crippen LogP contribution in [0.3, 0.4) is 0 Å². The lowest BCUT2D eigenvalue weighted by molar-refractivity contribution is -0.140. The van der Waals surface area contributed by atoms with Crippen LogP contribution in [-0.4, -0.2) is 55.9 Å². The first-order valence-corrected chi connectivity index (χ1v) is 11.9. The molecular weight excluding hydrogens is 386 g/mol. The molecule has 1 saturated carbocycles. The third-order valence-corrected chi connectivity index (χ3v) is 7.54. The van der Waals surface area contributed by atoms with Crippen molar-refractivity contribution in [3.05, 3.63) is 41.6 Å². The van der Waals surface area contributed by atoms with E-state index < -0.39 is 5.60 Å². The summed E-state index contributed by atoms with van der Waals surface area (Å²) in [6.45, 7) is 13.0. The van der Waals surface area contributed by atoms with Gasteiger partial charge in [-0.05, 0) is 88.7 Å². The standard InChI is InChI=1S/C25H40N2O2.CH5N/c1-7-12-25(28)20(4)27(17-21-9-10-21)14-13-24(25,16-19(3)26-5)23-15-22(29-6)11-8-18(23)2;1-2/h8,11,15,20-21,26,28H,3,7,9-10,12-14,16-17H2,1-2,4-6H3;2H2,1H3. The highest BCUT2D eigenvalue weighted by molar-refractivity contribution is 5.44. The van der Waals surface area contributed by atoms with E-state index in [0.717, 1.165) is 56.1 Å². The predicted molar refractivity (Wildman–Crippen MR) is 131 cm³/mol. The van der Waals surface area contributed by atoms with Gasteiger partial charge in [-0.1, -0.05) is 26.0 Å². The third-order valence-electron chi connectivity index (χ3n) is 7.54. The average Bonchev–Trinajstić information content (AvgIpc) is 3.60. The molecule has 5 heteroatoms. The Kier molecular flexibility index (Phi) is 8.99. The molecule has 3 unspecified atom stereocenters. The second-order valence-electron chi connectivity index (χ2n) is 9.33. The number of hydrogen-bond acceptors (Lipinski definition) is 5. The largest absolute Gasteiger partial charge is 0.497 e. The van der Waals surface area contributed by atoms with Crippen LogP contribution >= 0.6 is 0 Å². The van der Waals surface area contributed by atoms with Gasteiger partial charge in [0.1, 0.15) is 5.75 Å². The average molecular weight is 432 g/mol. The Bertz CT molecular complexity index is 733. The van der Waals surface area contributed by atoms with Crippen molar-refractivity contribution in [1.82, 2.24) is 10.2 Å². The van der Waals surface area contributed by atoms with Gasteiger partial charge in [0.2, 0.25) is 0 Å². The second-order valence-corrected chi connectivity index (χ2v) is 9.33. The topological polar surface area (TPSA) is 70.8 Å². The van der Waals surface area contributed by atoms with E-state index in [1.165, 1.54) is 31.0 Å². The first-order valence-electron chi connectivity index (χ1n) is 11.9. The Hall–Kier alpha value is -1.56. The predicted octanol–water partition coefficient (Wildman–Crippen LogP) is 3.97. The normalized spacial score (nSPS) is 28.5. The summed E-state index contributed by atoms with van der Waals surface area (Å²) in [5.41, 5.74) is 6.69. The van der Waals surface area contributed by atoms with Crippen molar-refractivity contribution in [2.75, 3.05) is 34.3 Å². The lowest BCUT2D eigenvalue weighted by Crippen LogP contribution is -2.68. The van der Waals surface area contributed by atoms with Crippen LogP contribution in [0.15, 0.2) is 30.5 Å². The quantitative estimate of drug-likeness (QED) is 0.552. The molecule has 31 heavy (non-hydrogen) atoms. The van der Waals surface area contributed by atoms with Crippen LogP contribution in [-0.2, 0) is 5.41 Å². The number of aryl methyl sites for hydroxylation is 1. The zero-order chi connectivity index (χ0) is 23.2. The first-order chi connectivity index (χ1) is 14.8. The first kappa shape index (κ1) is 25.7. The number of hydrogen-bond donors (Lipinski definition) is 3. The van der Waals surface area contributed by atoms with Crippen molar-refractivity contribution in [2.24, 2.45) is 11.7 Å². The maximum absolute atomic E-state index is 12.5. The zero-order valence-corrected chi connectivity index (χ0v) is 20.6. The van der Waals surface area contributed by atoms with Crippen LogP contribution < -0.4 is 15.8 Å². The summed E-state index contributed by atoms with van der Waals surface area (Å²) >= 11 is 0. The molecule has 1 aromatic rings. The molecule has 3 rings (SSSR count). The summed E-state index contributed by atoms with van der Waals surface area (Å²) in [6.07, 6.45) is 6.07. The van der Waals surface area contributed by atoms with Crippen molar-refractivity contribution < 1.29 is 9.84 Å². The SMILES string of the molecule is C=C(CC1(c2cc(OC)ccc2C)CCN(CC2CC2)C(C)C1(O)CCC)NC.CN. The van der Waals surface area contributed by atoms with E-state index in [2.05, 4.69) is 55.4 Å². The van der Waals surface area contributed by atoms with Crippen molar-refractivity contribution in [3.63, 3.8) is 0 Å². The van der Waals surface area contributed by atoms with Gasteiger partial charge < -0.3 is 20.9 Å². The number of allylic oxidation sites excluding steroid dienone is 1. The number of rotatable bonds is 9. The van der Waals surface area contributed by atoms with Crippen LogP contribution in [0, 0.1) is 12.8 Å².